The molecule has 0 amide bonds. The number of hydrogen-bond acceptors (Lipinski definition) is 4. The van der Waals surface area contributed by atoms with Crippen molar-refractivity contribution in [1.29, 1.82) is 0 Å². The Balaban J connectivity index is 2.61. The van der Waals surface area contributed by atoms with Crippen LogP contribution in [-0.4, -0.2) is 26.1 Å². The van der Waals surface area contributed by atoms with Crippen molar-refractivity contribution < 1.29 is 20.4 Å². The fourth-order valence-corrected chi connectivity index (χ4v) is 6.30. The minimum atomic E-state index is -0.719. The Labute approximate surface area is 294 Å². The second-order valence-corrected chi connectivity index (χ2v) is 14.0. The van der Waals surface area contributed by atoms with Crippen molar-refractivity contribution >= 4 is 6.26 Å². The van der Waals surface area contributed by atoms with Crippen molar-refractivity contribution in [3.63, 3.8) is 0 Å². The summed E-state index contributed by atoms with van der Waals surface area (Å²) in [6.07, 6.45) is 37.5. The molecule has 4 heteroatoms. The van der Waals surface area contributed by atoms with Gasteiger partial charge in [-0.25, -0.2) is 0 Å². The second kappa shape index (κ2) is 34.2. The van der Waals surface area contributed by atoms with Gasteiger partial charge in [0.1, 0.15) is 7.63 Å². The van der Waals surface area contributed by atoms with Crippen LogP contribution in [-0.2, 0) is 0 Å². The van der Waals surface area contributed by atoms with Gasteiger partial charge in [0, 0.05) is 5.56 Å². The summed E-state index contributed by atoms with van der Waals surface area (Å²) >= 11 is 0. The topological polar surface area (TPSA) is 44.8 Å². The van der Waals surface area contributed by atoms with Gasteiger partial charge in [-0.15, -0.1) is 0 Å². The van der Waals surface area contributed by atoms with Crippen LogP contribution in [0.1, 0.15) is 225 Å². The number of carbonyl (C=O) groups is 1. The van der Waals surface area contributed by atoms with E-state index < -0.39 is 6.26 Å². The summed E-state index contributed by atoms with van der Waals surface area (Å²) in [6.45, 7) is 8.58. The lowest BCUT2D eigenvalue weighted by Crippen LogP contribution is -2.07. The molecular weight excluding hydrogens is 580 g/mol. The van der Waals surface area contributed by atoms with E-state index in [1.54, 1.807) is 12.1 Å². The van der Waals surface area contributed by atoms with E-state index in [1.165, 1.54) is 154 Å². The molecule has 274 valence electrons. The second-order valence-electron chi connectivity index (χ2n) is 14.0. The molecule has 0 bridgehead atoms. The van der Waals surface area contributed by atoms with Crippen molar-refractivity contribution in [2.24, 2.45) is 0 Å². The average molecular weight is 660 g/mol. The van der Waals surface area contributed by atoms with Gasteiger partial charge >= 0.3 is 0 Å². The number of ether oxygens (including phenoxy) is 3. The largest absolute Gasteiger partial charge is 0.490 e. The van der Waals surface area contributed by atoms with Crippen molar-refractivity contribution in [3.05, 3.63) is 17.7 Å². The normalized spacial score (nSPS) is 11.5. The maximum Gasteiger partial charge on any atom is 0.203 e. The Morgan fingerprint density at radius 1 is 0.426 bits per heavy atom. The van der Waals surface area contributed by atoms with Crippen LogP contribution in [0.5, 0.6) is 17.2 Å². The molecule has 0 aliphatic rings. The highest BCUT2D eigenvalue weighted by atomic mass is 16.5. The molecule has 0 spiro atoms. The monoisotopic (exact) mass is 660 g/mol. The predicted octanol–water partition coefficient (Wildman–Crippen LogP) is 14.4. The van der Waals surface area contributed by atoms with Crippen molar-refractivity contribution in [2.75, 3.05) is 19.8 Å². The van der Waals surface area contributed by atoms with Crippen LogP contribution in [0.4, 0.5) is 0 Å². The molecule has 0 saturated heterocycles. The molecule has 0 fully saturated rings. The highest BCUT2D eigenvalue weighted by Crippen LogP contribution is 2.39. The zero-order valence-electron chi connectivity index (χ0n) is 32.6. The summed E-state index contributed by atoms with van der Waals surface area (Å²) in [4.78, 5) is 12.2. The molecular formula is C43H78O4. The Hall–Kier alpha value is -1.71. The number of rotatable bonds is 37. The van der Waals surface area contributed by atoms with Gasteiger partial charge < -0.3 is 14.2 Å². The smallest absolute Gasteiger partial charge is 0.203 e. The zero-order valence-corrected chi connectivity index (χ0v) is 31.6. The molecule has 0 aromatic heterocycles. The molecule has 0 heterocycles. The first kappa shape index (κ1) is 41.5. The lowest BCUT2D eigenvalue weighted by atomic mass is 10.1. The molecule has 1 rings (SSSR count). The summed E-state index contributed by atoms with van der Waals surface area (Å²) in [6, 6.07) is 3.37. The first-order valence-corrected chi connectivity index (χ1v) is 20.7. The highest BCUT2D eigenvalue weighted by molar-refractivity contribution is 5.78. The Morgan fingerprint density at radius 3 is 0.957 bits per heavy atom. The Morgan fingerprint density at radius 2 is 0.681 bits per heavy atom. The average Bonchev–Trinajstić information content (AvgIpc) is 3.08. The molecule has 1 aromatic carbocycles. The zero-order chi connectivity index (χ0) is 34.8. The molecule has 0 unspecified atom stereocenters. The van der Waals surface area contributed by atoms with Gasteiger partial charge in [-0.1, -0.05) is 194 Å². The third-order valence-electron chi connectivity index (χ3n) is 9.39. The van der Waals surface area contributed by atoms with E-state index >= 15 is 0 Å². The third kappa shape index (κ3) is 25.9. The van der Waals surface area contributed by atoms with E-state index in [0.29, 0.717) is 42.6 Å². The highest BCUT2D eigenvalue weighted by Gasteiger charge is 2.16. The van der Waals surface area contributed by atoms with Gasteiger partial charge in [-0.3, -0.25) is 4.79 Å². The van der Waals surface area contributed by atoms with Gasteiger partial charge in [-0.2, -0.15) is 0 Å². The quantitative estimate of drug-likeness (QED) is 0.0527. The summed E-state index contributed by atoms with van der Waals surface area (Å²) < 4.78 is 26.7. The molecule has 0 aliphatic heterocycles. The standard InChI is InChI=1S/C43H78O4/c1-4-7-10-13-16-19-22-25-28-31-34-45-41-37-40(39-44)38-42(46-35-32-29-26-23-20-17-14-11-8-5-2)43(41)47-36-33-30-27-24-21-18-15-12-9-6-3/h37-39H,4-36H2,1-3H3/i39D. The first-order valence-electron chi connectivity index (χ1n) is 21.2. The number of carbonyl (C=O) groups excluding carboxylic acids is 1. The van der Waals surface area contributed by atoms with Crippen molar-refractivity contribution in [3.8, 4) is 17.2 Å². The Bertz CT molecular complexity index is 810. The summed E-state index contributed by atoms with van der Waals surface area (Å²) in [5, 5.41) is 0. The molecule has 47 heavy (non-hydrogen) atoms. The lowest BCUT2D eigenvalue weighted by molar-refractivity contribution is 0.112. The number of unbranched alkanes of at least 4 members (excludes halogenated alkanes) is 27. The summed E-state index contributed by atoms with van der Waals surface area (Å²) in [5.41, 5.74) is 0.303. The molecule has 0 radical (unpaired) electrons. The van der Waals surface area contributed by atoms with Crippen LogP contribution >= 0.6 is 0 Å². The molecule has 0 N–H and O–H groups in total. The SMILES string of the molecule is [2H]C(=O)c1cc(OCCCCCCCCCCCC)c(OCCCCCCCCCCCC)c(OCCCCCCCCCCCC)c1. The molecule has 4 nitrogen and oxygen atoms in total. The van der Waals surface area contributed by atoms with Gasteiger partial charge in [-0.05, 0) is 31.4 Å². The van der Waals surface area contributed by atoms with Crippen molar-refractivity contribution in [2.45, 2.75) is 213 Å². The van der Waals surface area contributed by atoms with E-state index in [2.05, 4.69) is 20.8 Å². The third-order valence-corrected chi connectivity index (χ3v) is 9.39. The van der Waals surface area contributed by atoms with Crippen LogP contribution in [0.25, 0.3) is 0 Å². The number of aldehydes is 1. The number of hydrogen-bond donors (Lipinski definition) is 0. The lowest BCUT2D eigenvalue weighted by Gasteiger charge is -2.18. The van der Waals surface area contributed by atoms with Gasteiger partial charge in [0.2, 0.25) is 5.75 Å². The number of benzene rings is 1. The van der Waals surface area contributed by atoms with Gasteiger partial charge in [0.05, 0.1) is 19.8 Å². The van der Waals surface area contributed by atoms with Gasteiger partial charge in [0.25, 0.3) is 0 Å². The molecule has 1 aromatic rings. The minimum Gasteiger partial charge on any atom is -0.490 e. The fourth-order valence-electron chi connectivity index (χ4n) is 6.30. The van der Waals surface area contributed by atoms with Gasteiger partial charge in [0.15, 0.2) is 11.5 Å². The van der Waals surface area contributed by atoms with E-state index in [9.17, 15) is 4.79 Å². The predicted molar refractivity (Wildman–Crippen MR) is 204 cm³/mol. The molecule has 0 aliphatic carbocycles. The van der Waals surface area contributed by atoms with Crippen molar-refractivity contribution in [1.82, 2.24) is 0 Å². The molecule has 0 atom stereocenters. The maximum atomic E-state index is 12.2. The van der Waals surface area contributed by atoms with Crippen LogP contribution in [0.15, 0.2) is 12.1 Å². The van der Waals surface area contributed by atoms with Crippen LogP contribution in [0, 0.1) is 0 Å². The van der Waals surface area contributed by atoms with Crippen LogP contribution in [0.3, 0.4) is 0 Å². The minimum absolute atomic E-state index is 0.303. The molecule has 0 saturated carbocycles. The first-order chi connectivity index (χ1) is 23.6. The van der Waals surface area contributed by atoms with E-state index in [4.69, 9.17) is 15.6 Å². The fraction of sp³-hybridized carbons (Fsp3) is 0.837. The Kier molecular flexibility index (Phi) is 30.1. The van der Waals surface area contributed by atoms with E-state index in [1.807, 2.05) is 0 Å². The van der Waals surface area contributed by atoms with E-state index in [-0.39, 0.29) is 0 Å². The van der Waals surface area contributed by atoms with Crippen LogP contribution < -0.4 is 14.2 Å². The summed E-state index contributed by atoms with van der Waals surface area (Å²) in [7, 11) is 0. The van der Waals surface area contributed by atoms with Crippen LogP contribution in [0.2, 0.25) is 0 Å². The maximum absolute atomic E-state index is 12.2. The summed E-state index contributed by atoms with van der Waals surface area (Å²) in [5.74, 6) is 1.71. The van der Waals surface area contributed by atoms with E-state index in [0.717, 1.165) is 38.5 Å².